The normalized spacial score (nSPS) is 21.0. The Kier molecular flexibility index (Phi) is 5.08. The molecular formula is C24H26FNO4S. The summed E-state index contributed by atoms with van der Waals surface area (Å²) in [6.45, 7) is 5.38. The first kappa shape index (κ1) is 21.7. The molecule has 0 aromatic heterocycles. The monoisotopic (exact) mass is 443 g/mol. The SMILES string of the molecule is CC1(CC(=O)c2cc(F)c3c(c2)C(C)(C)C(=O)N3c2ccccc2)CCS(=O)(=O)CC1. The first-order valence-corrected chi connectivity index (χ1v) is 12.2. The maximum Gasteiger partial charge on any atom is 0.241 e. The van der Waals surface area contributed by atoms with Crippen LogP contribution in [0.2, 0.25) is 0 Å². The molecule has 2 aliphatic rings. The first-order valence-electron chi connectivity index (χ1n) is 10.4. The molecule has 1 fully saturated rings. The highest BCUT2D eigenvalue weighted by Crippen LogP contribution is 2.47. The van der Waals surface area contributed by atoms with E-state index in [1.807, 2.05) is 13.0 Å². The molecule has 7 heteroatoms. The summed E-state index contributed by atoms with van der Waals surface area (Å²) in [7, 11) is -3.04. The number of para-hydroxylation sites is 1. The Bertz CT molecular complexity index is 1160. The lowest BCUT2D eigenvalue weighted by Gasteiger charge is -2.32. The largest absolute Gasteiger partial charge is 0.294 e. The summed E-state index contributed by atoms with van der Waals surface area (Å²) in [5.41, 5.74) is 0.0634. The molecule has 2 aliphatic heterocycles. The van der Waals surface area contributed by atoms with E-state index in [9.17, 15) is 18.0 Å². The number of carbonyl (C=O) groups is 2. The predicted octanol–water partition coefficient (Wildman–Crippen LogP) is 4.57. The van der Waals surface area contributed by atoms with E-state index < -0.39 is 26.5 Å². The van der Waals surface area contributed by atoms with Crippen molar-refractivity contribution in [2.75, 3.05) is 16.4 Å². The first-order chi connectivity index (χ1) is 14.4. The van der Waals surface area contributed by atoms with Gasteiger partial charge >= 0.3 is 0 Å². The summed E-state index contributed by atoms with van der Waals surface area (Å²) in [5, 5.41) is 0. The van der Waals surface area contributed by atoms with Crippen LogP contribution < -0.4 is 4.90 Å². The number of amides is 1. The fourth-order valence-corrected chi connectivity index (χ4v) is 6.29. The van der Waals surface area contributed by atoms with Crippen LogP contribution in [0.4, 0.5) is 15.8 Å². The molecule has 31 heavy (non-hydrogen) atoms. The lowest BCUT2D eigenvalue weighted by Crippen LogP contribution is -2.33. The number of fused-ring (bicyclic) bond motifs is 1. The second-order valence-corrected chi connectivity index (χ2v) is 11.8. The van der Waals surface area contributed by atoms with Crippen molar-refractivity contribution in [1.29, 1.82) is 0 Å². The van der Waals surface area contributed by atoms with Gasteiger partial charge in [0.05, 0.1) is 22.6 Å². The Labute approximate surface area is 182 Å². The highest BCUT2D eigenvalue weighted by molar-refractivity contribution is 7.91. The number of hydrogen-bond acceptors (Lipinski definition) is 4. The van der Waals surface area contributed by atoms with Gasteiger partial charge in [-0.1, -0.05) is 25.1 Å². The van der Waals surface area contributed by atoms with Gasteiger partial charge in [-0.15, -0.1) is 0 Å². The van der Waals surface area contributed by atoms with Crippen LogP contribution in [0.15, 0.2) is 42.5 Å². The highest BCUT2D eigenvalue weighted by atomic mass is 32.2. The number of Topliss-reactive ketones (excluding diaryl/α,β-unsaturated/α-hetero) is 1. The predicted molar refractivity (Wildman–Crippen MR) is 118 cm³/mol. The molecular weight excluding hydrogens is 417 g/mol. The quantitative estimate of drug-likeness (QED) is 0.649. The third-order valence-corrected chi connectivity index (χ3v) is 8.31. The van der Waals surface area contributed by atoms with Crippen molar-refractivity contribution < 1.29 is 22.4 Å². The van der Waals surface area contributed by atoms with Crippen LogP contribution in [0.5, 0.6) is 0 Å². The Balaban J connectivity index is 1.69. The van der Waals surface area contributed by atoms with E-state index in [2.05, 4.69) is 0 Å². The lowest BCUT2D eigenvalue weighted by molar-refractivity contribution is -0.121. The molecule has 1 amide bonds. The van der Waals surface area contributed by atoms with Crippen molar-refractivity contribution in [1.82, 2.24) is 0 Å². The number of halogens is 1. The maximum atomic E-state index is 15.3. The van der Waals surface area contributed by atoms with Crippen molar-refractivity contribution in [3.8, 4) is 0 Å². The van der Waals surface area contributed by atoms with E-state index in [1.54, 1.807) is 44.2 Å². The number of rotatable bonds is 4. The zero-order valence-electron chi connectivity index (χ0n) is 17.9. The van der Waals surface area contributed by atoms with E-state index >= 15 is 4.39 Å². The molecule has 5 nitrogen and oxygen atoms in total. The fourth-order valence-electron chi connectivity index (χ4n) is 4.48. The average Bonchev–Trinajstić information content (AvgIpc) is 2.92. The summed E-state index contributed by atoms with van der Waals surface area (Å²) < 4.78 is 38.8. The van der Waals surface area contributed by atoms with E-state index in [1.165, 1.54) is 11.0 Å². The van der Waals surface area contributed by atoms with Crippen LogP contribution in [0.3, 0.4) is 0 Å². The summed E-state index contributed by atoms with van der Waals surface area (Å²) in [4.78, 5) is 27.6. The second kappa shape index (κ2) is 7.26. The van der Waals surface area contributed by atoms with Gasteiger partial charge in [0.15, 0.2) is 5.78 Å². The Morgan fingerprint density at radius 1 is 1.06 bits per heavy atom. The van der Waals surface area contributed by atoms with Crippen molar-refractivity contribution in [2.45, 2.75) is 45.4 Å². The molecule has 0 bridgehead atoms. The standard InChI is InChI=1S/C24H26FNO4S/c1-23(2)18-13-16(20(27)15-24(3)9-11-31(29,30)12-10-24)14-19(25)21(18)26(22(23)28)17-7-5-4-6-8-17/h4-8,13-14H,9-12,15H2,1-3H3. The third-order valence-electron chi connectivity index (χ3n) is 6.66. The Morgan fingerprint density at radius 3 is 2.29 bits per heavy atom. The minimum absolute atomic E-state index is 0.0723. The van der Waals surface area contributed by atoms with Crippen molar-refractivity contribution in [3.05, 3.63) is 59.4 Å². The van der Waals surface area contributed by atoms with Gasteiger partial charge < -0.3 is 0 Å². The zero-order chi connectivity index (χ0) is 22.6. The fraction of sp³-hybridized carbons (Fsp3) is 0.417. The minimum Gasteiger partial charge on any atom is -0.294 e. The Morgan fingerprint density at radius 2 is 1.68 bits per heavy atom. The van der Waals surface area contributed by atoms with Gasteiger partial charge in [-0.2, -0.15) is 0 Å². The number of hydrogen-bond donors (Lipinski definition) is 0. The van der Waals surface area contributed by atoms with Gasteiger partial charge in [0, 0.05) is 17.7 Å². The van der Waals surface area contributed by atoms with Gasteiger partial charge in [0.1, 0.15) is 15.7 Å². The number of benzene rings is 2. The molecule has 0 aliphatic carbocycles. The Hall–Kier alpha value is -2.54. The summed E-state index contributed by atoms with van der Waals surface area (Å²) >= 11 is 0. The minimum atomic E-state index is -3.04. The van der Waals surface area contributed by atoms with Crippen LogP contribution in [-0.2, 0) is 20.0 Å². The average molecular weight is 444 g/mol. The lowest BCUT2D eigenvalue weighted by atomic mass is 9.78. The van der Waals surface area contributed by atoms with E-state index in [-0.39, 0.29) is 40.9 Å². The van der Waals surface area contributed by atoms with Crippen molar-refractivity contribution in [3.63, 3.8) is 0 Å². The van der Waals surface area contributed by atoms with Crippen LogP contribution in [0.1, 0.15) is 56.0 Å². The molecule has 1 saturated heterocycles. The van der Waals surface area contributed by atoms with Gasteiger partial charge in [0.25, 0.3) is 0 Å². The molecule has 2 heterocycles. The number of nitrogens with zero attached hydrogens (tertiary/aromatic N) is 1. The maximum absolute atomic E-state index is 15.3. The number of carbonyl (C=O) groups excluding carboxylic acids is 2. The van der Waals surface area contributed by atoms with Crippen molar-refractivity contribution in [2.24, 2.45) is 5.41 Å². The van der Waals surface area contributed by atoms with E-state index in [0.29, 0.717) is 24.1 Å². The summed E-state index contributed by atoms with van der Waals surface area (Å²) in [6, 6.07) is 11.7. The van der Waals surface area contributed by atoms with E-state index in [0.717, 1.165) is 0 Å². The summed E-state index contributed by atoms with van der Waals surface area (Å²) in [5.74, 6) is -0.947. The molecule has 2 aromatic rings. The van der Waals surface area contributed by atoms with Crippen LogP contribution >= 0.6 is 0 Å². The molecule has 0 N–H and O–H groups in total. The van der Waals surface area contributed by atoms with Crippen molar-refractivity contribution >= 4 is 32.9 Å². The van der Waals surface area contributed by atoms with Gasteiger partial charge in [-0.05, 0) is 61.9 Å². The van der Waals surface area contributed by atoms with Gasteiger partial charge in [0.2, 0.25) is 5.91 Å². The molecule has 0 spiro atoms. The molecule has 0 atom stereocenters. The molecule has 0 unspecified atom stereocenters. The molecule has 164 valence electrons. The zero-order valence-corrected chi connectivity index (χ0v) is 18.8. The smallest absolute Gasteiger partial charge is 0.241 e. The second-order valence-electron chi connectivity index (χ2n) is 9.52. The number of sulfone groups is 1. The van der Waals surface area contributed by atoms with Crippen LogP contribution in [-0.4, -0.2) is 31.6 Å². The van der Waals surface area contributed by atoms with Gasteiger partial charge in [-0.25, -0.2) is 12.8 Å². The molecule has 4 rings (SSSR count). The molecule has 0 radical (unpaired) electrons. The van der Waals surface area contributed by atoms with E-state index in [4.69, 9.17) is 0 Å². The molecule has 2 aromatic carbocycles. The summed E-state index contributed by atoms with van der Waals surface area (Å²) in [6.07, 6.45) is 0.984. The molecule has 0 saturated carbocycles. The third kappa shape index (κ3) is 3.80. The number of ketones is 1. The van der Waals surface area contributed by atoms with Crippen LogP contribution in [0, 0.1) is 11.2 Å². The van der Waals surface area contributed by atoms with Gasteiger partial charge in [-0.3, -0.25) is 14.5 Å². The van der Waals surface area contributed by atoms with Crippen LogP contribution in [0.25, 0.3) is 0 Å². The topological polar surface area (TPSA) is 71.5 Å². The number of anilines is 2. The highest BCUT2D eigenvalue weighted by Gasteiger charge is 2.47.